The lowest BCUT2D eigenvalue weighted by Gasteiger charge is -2.17. The standard InChI is InChI=1S/C10H12ClNOS/c1-8-5-9(11)7-10(6-8)12-14(13)3-2-4-14/h5-7H,2-4H2,1H3. The number of benzene rings is 1. The summed E-state index contributed by atoms with van der Waals surface area (Å²) in [6.45, 7) is 1.96. The molecule has 14 heavy (non-hydrogen) atoms. The topological polar surface area (TPSA) is 29.4 Å². The molecule has 1 heterocycles. The third kappa shape index (κ3) is 2.10. The van der Waals surface area contributed by atoms with Crippen LogP contribution in [0.15, 0.2) is 22.6 Å². The number of hydrogen-bond donors (Lipinski definition) is 0. The quantitative estimate of drug-likeness (QED) is 0.728. The highest BCUT2D eigenvalue weighted by molar-refractivity contribution is 7.95. The maximum Gasteiger partial charge on any atom is 0.0747 e. The number of aryl methyl sites for hydroxylation is 1. The molecule has 0 amide bonds. The Kier molecular flexibility index (Phi) is 2.54. The van der Waals surface area contributed by atoms with E-state index in [1.807, 2.05) is 19.1 Å². The molecule has 1 saturated heterocycles. The Hall–Kier alpha value is -0.540. The number of halogens is 1. The summed E-state index contributed by atoms with van der Waals surface area (Å²) < 4.78 is 16.1. The molecule has 0 spiro atoms. The molecule has 1 aromatic carbocycles. The van der Waals surface area contributed by atoms with Gasteiger partial charge >= 0.3 is 0 Å². The van der Waals surface area contributed by atoms with Crippen molar-refractivity contribution in [1.82, 2.24) is 0 Å². The van der Waals surface area contributed by atoms with Gasteiger partial charge in [0.15, 0.2) is 0 Å². The summed E-state index contributed by atoms with van der Waals surface area (Å²) in [5.74, 6) is 1.47. The first-order valence-corrected chi connectivity index (χ1v) is 6.80. The average molecular weight is 230 g/mol. The van der Waals surface area contributed by atoms with Crippen molar-refractivity contribution in [3.05, 3.63) is 28.8 Å². The van der Waals surface area contributed by atoms with E-state index in [0.29, 0.717) is 5.02 Å². The highest BCUT2D eigenvalue weighted by atomic mass is 35.5. The normalized spacial score (nSPS) is 18.7. The van der Waals surface area contributed by atoms with Crippen molar-refractivity contribution in [2.24, 2.45) is 4.36 Å². The molecule has 2 nitrogen and oxygen atoms in total. The average Bonchev–Trinajstić information content (AvgIpc) is 1.99. The molecule has 4 heteroatoms. The molecule has 0 atom stereocenters. The minimum atomic E-state index is -1.91. The molecule has 0 bridgehead atoms. The van der Waals surface area contributed by atoms with Gasteiger partial charge in [-0.15, -0.1) is 0 Å². The Morgan fingerprint density at radius 1 is 1.36 bits per heavy atom. The summed E-state index contributed by atoms with van der Waals surface area (Å²) in [4.78, 5) is 0. The second-order valence-corrected chi connectivity index (χ2v) is 6.59. The fourth-order valence-corrected chi connectivity index (χ4v) is 3.18. The van der Waals surface area contributed by atoms with Gasteiger partial charge in [0.05, 0.1) is 15.4 Å². The van der Waals surface area contributed by atoms with Crippen LogP contribution in [0.5, 0.6) is 0 Å². The van der Waals surface area contributed by atoms with Gasteiger partial charge in [-0.1, -0.05) is 11.6 Å². The molecule has 0 aliphatic carbocycles. The van der Waals surface area contributed by atoms with Crippen molar-refractivity contribution in [2.75, 3.05) is 11.5 Å². The van der Waals surface area contributed by atoms with Crippen LogP contribution in [0.4, 0.5) is 5.69 Å². The van der Waals surface area contributed by atoms with Crippen LogP contribution >= 0.6 is 11.6 Å². The van der Waals surface area contributed by atoms with E-state index in [0.717, 1.165) is 29.2 Å². The van der Waals surface area contributed by atoms with Crippen LogP contribution in [0.25, 0.3) is 0 Å². The van der Waals surface area contributed by atoms with Gasteiger partial charge in [0.25, 0.3) is 0 Å². The Bertz CT molecular complexity index is 445. The van der Waals surface area contributed by atoms with Gasteiger partial charge < -0.3 is 0 Å². The second kappa shape index (κ2) is 3.55. The SMILES string of the molecule is Cc1cc(Cl)cc(N=S2(=O)CCC2)c1. The fourth-order valence-electron chi connectivity index (χ4n) is 1.44. The molecule has 0 N–H and O–H groups in total. The van der Waals surface area contributed by atoms with Gasteiger partial charge in [-0.05, 0) is 37.1 Å². The number of hydrogen-bond acceptors (Lipinski definition) is 2. The first-order chi connectivity index (χ1) is 6.57. The van der Waals surface area contributed by atoms with Crippen LogP contribution in [0.1, 0.15) is 12.0 Å². The summed E-state index contributed by atoms with van der Waals surface area (Å²) in [5, 5.41) is 0.658. The zero-order valence-corrected chi connectivity index (χ0v) is 9.57. The van der Waals surface area contributed by atoms with E-state index in [4.69, 9.17) is 11.6 Å². The number of nitrogens with zero attached hydrogens (tertiary/aromatic N) is 1. The van der Waals surface area contributed by atoms with Crippen LogP contribution in [-0.4, -0.2) is 15.7 Å². The summed E-state index contributed by atoms with van der Waals surface area (Å²) in [7, 11) is -1.91. The van der Waals surface area contributed by atoms with E-state index in [1.54, 1.807) is 6.07 Å². The molecule has 0 unspecified atom stereocenters. The third-order valence-corrected chi connectivity index (χ3v) is 4.84. The smallest absolute Gasteiger partial charge is 0.0747 e. The minimum absolute atomic E-state index is 0.658. The van der Waals surface area contributed by atoms with Gasteiger partial charge in [0, 0.05) is 16.5 Å². The molecular formula is C10H12ClNOS. The Labute approximate surface area is 89.5 Å². The van der Waals surface area contributed by atoms with Gasteiger partial charge in [0.1, 0.15) is 0 Å². The lowest BCUT2D eigenvalue weighted by Crippen LogP contribution is -2.22. The zero-order valence-electron chi connectivity index (χ0n) is 8.00. The summed E-state index contributed by atoms with van der Waals surface area (Å²) in [5.41, 5.74) is 1.80. The Morgan fingerprint density at radius 2 is 2.07 bits per heavy atom. The Morgan fingerprint density at radius 3 is 2.57 bits per heavy atom. The first kappa shape index (κ1) is 9.99. The molecule has 0 radical (unpaired) electrons. The van der Waals surface area contributed by atoms with Crippen molar-refractivity contribution in [2.45, 2.75) is 13.3 Å². The molecule has 1 fully saturated rings. The van der Waals surface area contributed by atoms with E-state index in [2.05, 4.69) is 4.36 Å². The highest BCUT2D eigenvalue weighted by Crippen LogP contribution is 2.25. The lowest BCUT2D eigenvalue weighted by atomic mass is 10.2. The van der Waals surface area contributed by atoms with Gasteiger partial charge in [0.2, 0.25) is 0 Å². The number of rotatable bonds is 1. The molecule has 0 aromatic heterocycles. The van der Waals surface area contributed by atoms with E-state index in [9.17, 15) is 4.21 Å². The molecular weight excluding hydrogens is 218 g/mol. The van der Waals surface area contributed by atoms with Crippen LogP contribution in [0, 0.1) is 6.92 Å². The van der Waals surface area contributed by atoms with E-state index in [-0.39, 0.29) is 0 Å². The minimum Gasteiger partial charge on any atom is -0.249 e. The second-order valence-electron chi connectivity index (χ2n) is 3.61. The largest absolute Gasteiger partial charge is 0.249 e. The molecule has 1 aliphatic rings. The lowest BCUT2D eigenvalue weighted by molar-refractivity contribution is 0.663. The van der Waals surface area contributed by atoms with E-state index in [1.165, 1.54) is 0 Å². The van der Waals surface area contributed by atoms with Gasteiger partial charge in [-0.25, -0.2) is 4.21 Å². The molecule has 0 saturated carbocycles. The molecule has 76 valence electrons. The predicted molar refractivity (Wildman–Crippen MR) is 60.8 cm³/mol. The molecule has 1 aliphatic heterocycles. The van der Waals surface area contributed by atoms with Gasteiger partial charge in [-0.2, -0.15) is 4.36 Å². The molecule has 1 aromatic rings. The predicted octanol–water partition coefficient (Wildman–Crippen LogP) is 3.15. The van der Waals surface area contributed by atoms with Crippen molar-refractivity contribution < 1.29 is 4.21 Å². The third-order valence-electron chi connectivity index (χ3n) is 2.23. The van der Waals surface area contributed by atoms with E-state index >= 15 is 0 Å². The van der Waals surface area contributed by atoms with E-state index < -0.39 is 9.73 Å². The summed E-state index contributed by atoms with van der Waals surface area (Å²) in [6, 6.07) is 5.55. The van der Waals surface area contributed by atoms with Crippen molar-refractivity contribution in [3.63, 3.8) is 0 Å². The van der Waals surface area contributed by atoms with Crippen molar-refractivity contribution in [3.8, 4) is 0 Å². The van der Waals surface area contributed by atoms with Gasteiger partial charge in [-0.3, -0.25) is 0 Å². The highest BCUT2D eigenvalue weighted by Gasteiger charge is 2.19. The molecule has 2 rings (SSSR count). The monoisotopic (exact) mass is 229 g/mol. The first-order valence-electron chi connectivity index (χ1n) is 4.57. The maximum atomic E-state index is 11.8. The fraction of sp³-hybridized carbons (Fsp3) is 0.400. The summed E-state index contributed by atoms with van der Waals surface area (Å²) >= 11 is 5.89. The van der Waals surface area contributed by atoms with Crippen LogP contribution in [0.3, 0.4) is 0 Å². The maximum absolute atomic E-state index is 11.8. The Balaban J connectivity index is 2.43. The van der Waals surface area contributed by atoms with Crippen LogP contribution in [-0.2, 0) is 9.73 Å². The van der Waals surface area contributed by atoms with Crippen LogP contribution < -0.4 is 0 Å². The van der Waals surface area contributed by atoms with Crippen molar-refractivity contribution in [1.29, 1.82) is 0 Å². The zero-order chi connectivity index (χ0) is 10.2. The van der Waals surface area contributed by atoms with Crippen molar-refractivity contribution >= 4 is 27.0 Å². The summed E-state index contributed by atoms with van der Waals surface area (Å²) in [6.07, 6.45) is 1.03. The van der Waals surface area contributed by atoms with Crippen LogP contribution in [0.2, 0.25) is 5.02 Å².